The molecule has 1 N–H and O–H groups in total. The van der Waals surface area contributed by atoms with Crippen molar-refractivity contribution >= 4 is 17.8 Å². The topological polar surface area (TPSA) is 93.5 Å². The van der Waals surface area contributed by atoms with Crippen LogP contribution in [0.2, 0.25) is 0 Å². The van der Waals surface area contributed by atoms with Gasteiger partial charge in [-0.25, -0.2) is 9.18 Å². The SMILES string of the molecule is CCN(Cc1cccc(F)c1)C(=O)CN1C(=O)N[C@](C)(c2cccc(C#N)c2)C1=O. The van der Waals surface area contributed by atoms with E-state index in [0.29, 0.717) is 23.2 Å². The summed E-state index contributed by atoms with van der Waals surface area (Å²) >= 11 is 0. The molecule has 0 saturated carbocycles. The molecule has 4 amide bonds. The van der Waals surface area contributed by atoms with Crippen molar-refractivity contribution in [3.8, 4) is 6.07 Å². The van der Waals surface area contributed by atoms with Crippen molar-refractivity contribution in [2.45, 2.75) is 25.9 Å². The maximum Gasteiger partial charge on any atom is 0.325 e. The molecule has 0 bridgehead atoms. The first-order chi connectivity index (χ1) is 14.3. The van der Waals surface area contributed by atoms with Crippen molar-refractivity contribution in [2.24, 2.45) is 0 Å². The van der Waals surface area contributed by atoms with Crippen molar-refractivity contribution in [3.63, 3.8) is 0 Å². The summed E-state index contributed by atoms with van der Waals surface area (Å²) in [4.78, 5) is 40.6. The third-order valence-electron chi connectivity index (χ3n) is 5.13. The van der Waals surface area contributed by atoms with Gasteiger partial charge in [-0.1, -0.05) is 24.3 Å². The first kappa shape index (κ1) is 21.0. The molecular formula is C22H21FN4O3. The van der Waals surface area contributed by atoms with Gasteiger partial charge in [-0.2, -0.15) is 5.26 Å². The largest absolute Gasteiger partial charge is 0.337 e. The Balaban J connectivity index is 1.77. The van der Waals surface area contributed by atoms with Crippen molar-refractivity contribution in [1.29, 1.82) is 5.26 Å². The number of benzene rings is 2. The fourth-order valence-electron chi connectivity index (χ4n) is 3.40. The average Bonchev–Trinajstić information content (AvgIpc) is 2.96. The fraction of sp³-hybridized carbons (Fsp3) is 0.273. The molecule has 154 valence electrons. The van der Waals surface area contributed by atoms with E-state index in [1.54, 1.807) is 44.2 Å². The number of amides is 4. The zero-order valence-corrected chi connectivity index (χ0v) is 16.7. The van der Waals surface area contributed by atoms with Gasteiger partial charge in [-0.15, -0.1) is 0 Å². The minimum Gasteiger partial charge on any atom is -0.337 e. The van der Waals surface area contributed by atoms with Crippen LogP contribution in [-0.2, 0) is 21.7 Å². The molecule has 1 aliphatic heterocycles. The second kappa shape index (κ2) is 8.33. The van der Waals surface area contributed by atoms with E-state index in [0.717, 1.165) is 4.90 Å². The Labute approximate surface area is 173 Å². The number of imide groups is 1. The second-order valence-corrected chi connectivity index (χ2v) is 7.18. The molecule has 1 aliphatic rings. The predicted molar refractivity (Wildman–Crippen MR) is 106 cm³/mol. The van der Waals surface area contributed by atoms with E-state index in [9.17, 15) is 18.8 Å². The van der Waals surface area contributed by atoms with E-state index in [-0.39, 0.29) is 6.54 Å². The third-order valence-corrected chi connectivity index (χ3v) is 5.13. The van der Waals surface area contributed by atoms with Crippen LogP contribution in [0.15, 0.2) is 48.5 Å². The van der Waals surface area contributed by atoms with Gasteiger partial charge in [0.05, 0.1) is 11.6 Å². The summed E-state index contributed by atoms with van der Waals surface area (Å²) in [5.41, 5.74) is 0.0594. The number of halogens is 1. The Morgan fingerprint density at radius 3 is 2.63 bits per heavy atom. The van der Waals surface area contributed by atoms with Crippen molar-refractivity contribution in [3.05, 3.63) is 71.0 Å². The Morgan fingerprint density at radius 2 is 1.97 bits per heavy atom. The van der Waals surface area contributed by atoms with Crippen LogP contribution in [0.4, 0.5) is 9.18 Å². The highest BCUT2D eigenvalue weighted by atomic mass is 19.1. The standard InChI is InChI=1S/C22H21FN4O3/c1-3-26(13-16-7-5-9-18(23)11-16)19(28)14-27-20(29)22(2,25-21(27)30)17-8-4-6-15(10-17)12-24/h4-11H,3,13-14H2,1-2H3,(H,25,30)/t22-/m1/s1. The molecule has 1 saturated heterocycles. The normalized spacial score (nSPS) is 18.1. The fourth-order valence-corrected chi connectivity index (χ4v) is 3.40. The van der Waals surface area contributed by atoms with E-state index < -0.39 is 35.7 Å². The zero-order chi connectivity index (χ0) is 21.9. The van der Waals surface area contributed by atoms with Crippen LogP contribution < -0.4 is 5.32 Å². The van der Waals surface area contributed by atoms with Gasteiger partial charge in [-0.3, -0.25) is 14.5 Å². The molecule has 0 spiro atoms. The Morgan fingerprint density at radius 1 is 1.23 bits per heavy atom. The quantitative estimate of drug-likeness (QED) is 0.744. The van der Waals surface area contributed by atoms with Crippen molar-refractivity contribution in [2.75, 3.05) is 13.1 Å². The van der Waals surface area contributed by atoms with E-state index >= 15 is 0 Å². The van der Waals surface area contributed by atoms with E-state index in [1.807, 2.05) is 6.07 Å². The summed E-state index contributed by atoms with van der Waals surface area (Å²) in [6.45, 7) is 3.37. The number of likely N-dealkylation sites (N-methyl/N-ethyl adjacent to an activating group) is 1. The summed E-state index contributed by atoms with van der Waals surface area (Å²) in [6, 6.07) is 13.6. The molecule has 7 nitrogen and oxygen atoms in total. The Bertz CT molecular complexity index is 1050. The van der Waals surface area contributed by atoms with Gasteiger partial charge in [0.15, 0.2) is 0 Å². The third kappa shape index (κ3) is 4.01. The van der Waals surface area contributed by atoms with Crippen LogP contribution >= 0.6 is 0 Å². The summed E-state index contributed by atoms with van der Waals surface area (Å²) in [5, 5.41) is 11.7. The maximum absolute atomic E-state index is 13.4. The molecule has 30 heavy (non-hydrogen) atoms. The molecule has 1 fully saturated rings. The number of carbonyl (C=O) groups excluding carboxylic acids is 3. The molecular weight excluding hydrogens is 387 g/mol. The number of urea groups is 1. The monoisotopic (exact) mass is 408 g/mol. The molecule has 3 rings (SSSR count). The number of hydrogen-bond acceptors (Lipinski definition) is 4. The van der Waals surface area contributed by atoms with E-state index in [1.165, 1.54) is 23.1 Å². The van der Waals surface area contributed by atoms with Crippen LogP contribution in [0, 0.1) is 17.1 Å². The minimum absolute atomic E-state index is 0.165. The summed E-state index contributed by atoms with van der Waals surface area (Å²) in [5.74, 6) is -1.40. The first-order valence-corrected chi connectivity index (χ1v) is 9.45. The summed E-state index contributed by atoms with van der Waals surface area (Å²) in [7, 11) is 0. The Kier molecular flexibility index (Phi) is 5.83. The van der Waals surface area contributed by atoms with Gasteiger partial charge in [0.1, 0.15) is 17.9 Å². The van der Waals surface area contributed by atoms with Gasteiger partial charge in [-0.05, 0) is 49.2 Å². The number of carbonyl (C=O) groups is 3. The number of nitrogens with zero attached hydrogens (tertiary/aromatic N) is 3. The number of nitriles is 1. The van der Waals surface area contributed by atoms with Gasteiger partial charge in [0, 0.05) is 13.1 Å². The van der Waals surface area contributed by atoms with Crippen molar-refractivity contribution < 1.29 is 18.8 Å². The molecule has 2 aromatic rings. The number of hydrogen-bond donors (Lipinski definition) is 1. The van der Waals surface area contributed by atoms with Crippen LogP contribution in [0.5, 0.6) is 0 Å². The molecule has 0 aliphatic carbocycles. The smallest absolute Gasteiger partial charge is 0.325 e. The minimum atomic E-state index is -1.37. The molecule has 8 heteroatoms. The molecule has 0 unspecified atom stereocenters. The van der Waals surface area contributed by atoms with Gasteiger partial charge in [0.2, 0.25) is 5.91 Å². The first-order valence-electron chi connectivity index (χ1n) is 9.45. The number of rotatable bonds is 6. The highest BCUT2D eigenvalue weighted by Gasteiger charge is 2.49. The lowest BCUT2D eigenvalue weighted by Gasteiger charge is -2.25. The maximum atomic E-state index is 13.4. The molecule has 0 aromatic heterocycles. The van der Waals surface area contributed by atoms with E-state index in [2.05, 4.69) is 5.32 Å². The highest BCUT2D eigenvalue weighted by Crippen LogP contribution is 2.29. The summed E-state index contributed by atoms with van der Waals surface area (Å²) < 4.78 is 13.4. The lowest BCUT2D eigenvalue weighted by molar-refractivity contribution is -0.139. The predicted octanol–water partition coefficient (Wildman–Crippen LogP) is 2.51. The van der Waals surface area contributed by atoms with Gasteiger partial charge < -0.3 is 10.2 Å². The highest BCUT2D eigenvalue weighted by molar-refractivity contribution is 6.09. The lowest BCUT2D eigenvalue weighted by Crippen LogP contribution is -2.44. The zero-order valence-electron chi connectivity index (χ0n) is 16.7. The lowest BCUT2D eigenvalue weighted by atomic mass is 9.91. The van der Waals surface area contributed by atoms with E-state index in [4.69, 9.17) is 5.26 Å². The second-order valence-electron chi connectivity index (χ2n) is 7.18. The van der Waals surface area contributed by atoms with Crippen molar-refractivity contribution in [1.82, 2.24) is 15.1 Å². The van der Waals surface area contributed by atoms with Gasteiger partial charge >= 0.3 is 6.03 Å². The summed E-state index contributed by atoms with van der Waals surface area (Å²) in [6.07, 6.45) is 0. The molecule has 1 atom stereocenters. The average molecular weight is 408 g/mol. The molecule has 2 aromatic carbocycles. The Hall–Kier alpha value is -3.73. The molecule has 1 heterocycles. The van der Waals surface area contributed by atoms with Crippen LogP contribution in [-0.4, -0.2) is 40.7 Å². The van der Waals surface area contributed by atoms with Crippen LogP contribution in [0.25, 0.3) is 0 Å². The van der Waals surface area contributed by atoms with Crippen LogP contribution in [0.3, 0.4) is 0 Å². The van der Waals surface area contributed by atoms with Crippen LogP contribution in [0.1, 0.15) is 30.5 Å². The van der Waals surface area contributed by atoms with Gasteiger partial charge in [0.25, 0.3) is 5.91 Å². The molecule has 0 radical (unpaired) electrons. The number of nitrogens with one attached hydrogen (secondary N) is 1.